The first-order chi connectivity index (χ1) is 13.1. The zero-order chi connectivity index (χ0) is 19.0. The molecule has 4 atom stereocenters. The quantitative estimate of drug-likeness (QED) is 0.452. The Bertz CT molecular complexity index is 948. The van der Waals surface area contributed by atoms with E-state index >= 15 is 0 Å². The molecule has 27 heavy (non-hydrogen) atoms. The molecule has 0 aliphatic carbocycles. The smallest absolute Gasteiger partial charge is 0.164 e. The van der Waals surface area contributed by atoms with Crippen LogP contribution in [0.1, 0.15) is 17.4 Å². The van der Waals surface area contributed by atoms with E-state index in [-0.39, 0.29) is 6.61 Å². The Kier molecular flexibility index (Phi) is 5.16. The van der Waals surface area contributed by atoms with Crippen molar-refractivity contribution in [3.05, 3.63) is 54.0 Å². The number of nitrogens with zero attached hydrogens (tertiary/aromatic N) is 3. The van der Waals surface area contributed by atoms with Crippen molar-refractivity contribution in [2.24, 2.45) is 0 Å². The number of thioether (sulfide) groups is 1. The van der Waals surface area contributed by atoms with Crippen LogP contribution in [-0.2, 0) is 10.5 Å². The van der Waals surface area contributed by atoms with Crippen LogP contribution in [0.15, 0.2) is 47.9 Å². The molecule has 3 aromatic rings. The molecule has 0 spiro atoms. The maximum absolute atomic E-state index is 10.3. The molecule has 142 valence electrons. The van der Waals surface area contributed by atoms with Crippen LogP contribution in [0, 0.1) is 6.92 Å². The summed E-state index contributed by atoms with van der Waals surface area (Å²) in [6.45, 7) is 1.73. The second-order valence-corrected chi connectivity index (χ2v) is 7.55. The van der Waals surface area contributed by atoms with Gasteiger partial charge in [-0.1, -0.05) is 24.3 Å². The fourth-order valence-electron chi connectivity index (χ4n) is 3.30. The van der Waals surface area contributed by atoms with Crippen molar-refractivity contribution in [2.75, 3.05) is 6.61 Å². The molecular formula is C19H21N3O4S. The molecule has 4 rings (SSSR count). The van der Waals surface area contributed by atoms with Crippen LogP contribution in [-0.4, -0.2) is 54.8 Å². The number of aromatic nitrogens is 3. The van der Waals surface area contributed by atoms with Gasteiger partial charge in [0.15, 0.2) is 6.23 Å². The lowest BCUT2D eigenvalue weighted by Crippen LogP contribution is -2.33. The average Bonchev–Trinajstić information content (AvgIpc) is 3.23. The Morgan fingerprint density at radius 2 is 1.96 bits per heavy atom. The molecule has 1 fully saturated rings. The number of aryl methyl sites for hydroxylation is 1. The Balaban J connectivity index is 1.61. The van der Waals surface area contributed by atoms with Gasteiger partial charge in [0.2, 0.25) is 0 Å². The topological polar surface area (TPSA) is 101 Å². The van der Waals surface area contributed by atoms with Gasteiger partial charge in [0.25, 0.3) is 0 Å². The largest absolute Gasteiger partial charge is 0.394 e. The number of hydrogen-bond acceptors (Lipinski definition) is 7. The predicted molar refractivity (Wildman–Crippen MR) is 101 cm³/mol. The third-order valence-electron chi connectivity index (χ3n) is 4.89. The van der Waals surface area contributed by atoms with Crippen LogP contribution in [0.4, 0.5) is 0 Å². The number of benzene rings is 1. The van der Waals surface area contributed by atoms with E-state index in [1.165, 1.54) is 17.5 Å². The summed E-state index contributed by atoms with van der Waals surface area (Å²) in [6.07, 6.45) is -0.666. The molecule has 8 heteroatoms. The van der Waals surface area contributed by atoms with Gasteiger partial charge in [0.05, 0.1) is 12.0 Å². The maximum atomic E-state index is 10.3. The Morgan fingerprint density at radius 1 is 1.15 bits per heavy atom. The summed E-state index contributed by atoms with van der Waals surface area (Å²) in [5, 5.41) is 31.3. The minimum Gasteiger partial charge on any atom is -0.394 e. The Hall–Kier alpha value is -1.97. The van der Waals surface area contributed by atoms with Gasteiger partial charge in [-0.05, 0) is 24.1 Å². The molecule has 1 saturated heterocycles. The highest BCUT2D eigenvalue weighted by atomic mass is 32.2. The first kappa shape index (κ1) is 18.4. The zero-order valence-electron chi connectivity index (χ0n) is 14.8. The van der Waals surface area contributed by atoms with Crippen molar-refractivity contribution in [2.45, 2.75) is 42.2 Å². The highest BCUT2D eigenvalue weighted by Gasteiger charge is 2.43. The molecule has 2 aromatic heterocycles. The first-order valence-corrected chi connectivity index (χ1v) is 9.70. The van der Waals surface area contributed by atoms with Gasteiger partial charge in [0.1, 0.15) is 35.3 Å². The summed E-state index contributed by atoms with van der Waals surface area (Å²) in [7, 11) is 0. The van der Waals surface area contributed by atoms with Gasteiger partial charge in [-0.2, -0.15) is 0 Å². The van der Waals surface area contributed by atoms with Crippen molar-refractivity contribution in [3.63, 3.8) is 0 Å². The summed E-state index contributed by atoms with van der Waals surface area (Å²) in [6, 6.07) is 10.1. The Morgan fingerprint density at radius 3 is 2.70 bits per heavy atom. The summed E-state index contributed by atoms with van der Waals surface area (Å²) in [5.41, 5.74) is 3.10. The number of hydrogen-bond donors (Lipinski definition) is 3. The van der Waals surface area contributed by atoms with E-state index in [2.05, 4.69) is 29.0 Å². The molecule has 0 saturated carbocycles. The van der Waals surface area contributed by atoms with Crippen molar-refractivity contribution in [1.82, 2.24) is 14.5 Å². The normalized spacial score (nSPS) is 25.3. The van der Waals surface area contributed by atoms with Crippen LogP contribution in [0.25, 0.3) is 11.0 Å². The SMILES string of the molecule is Cc1ccccc1CSc1ncnc2c1ccn2[C@@H]1O[C@H](CO)[C@@H](O)[C@H]1O. The van der Waals surface area contributed by atoms with Gasteiger partial charge in [-0.25, -0.2) is 9.97 Å². The van der Waals surface area contributed by atoms with E-state index in [0.29, 0.717) is 5.65 Å². The van der Waals surface area contributed by atoms with E-state index in [1.54, 1.807) is 22.5 Å². The van der Waals surface area contributed by atoms with Gasteiger partial charge < -0.3 is 24.6 Å². The first-order valence-electron chi connectivity index (χ1n) is 8.71. The summed E-state index contributed by atoms with van der Waals surface area (Å²) >= 11 is 1.62. The molecule has 3 N–H and O–H groups in total. The maximum Gasteiger partial charge on any atom is 0.164 e. The fourth-order valence-corrected chi connectivity index (χ4v) is 4.35. The van der Waals surface area contributed by atoms with Gasteiger partial charge in [0, 0.05) is 11.9 Å². The molecule has 0 bridgehead atoms. The van der Waals surface area contributed by atoms with Crippen LogP contribution in [0.5, 0.6) is 0 Å². The second kappa shape index (κ2) is 7.57. The van der Waals surface area contributed by atoms with E-state index < -0.39 is 24.5 Å². The van der Waals surface area contributed by atoms with Gasteiger partial charge in [-0.15, -0.1) is 11.8 Å². The van der Waals surface area contributed by atoms with Crippen LogP contribution < -0.4 is 0 Å². The second-order valence-electron chi connectivity index (χ2n) is 6.58. The van der Waals surface area contributed by atoms with Crippen LogP contribution >= 0.6 is 11.8 Å². The highest BCUT2D eigenvalue weighted by molar-refractivity contribution is 7.98. The van der Waals surface area contributed by atoms with Gasteiger partial charge >= 0.3 is 0 Å². The lowest BCUT2D eigenvalue weighted by atomic mass is 10.1. The molecule has 1 aliphatic heterocycles. The molecule has 1 aromatic carbocycles. The third-order valence-corrected chi connectivity index (χ3v) is 5.94. The fraction of sp³-hybridized carbons (Fsp3) is 0.368. The summed E-state index contributed by atoms with van der Waals surface area (Å²) in [4.78, 5) is 8.74. The minimum atomic E-state index is -1.14. The zero-order valence-corrected chi connectivity index (χ0v) is 15.6. The molecule has 0 radical (unpaired) electrons. The molecule has 7 nitrogen and oxygen atoms in total. The van der Waals surface area contributed by atoms with E-state index in [1.807, 2.05) is 18.2 Å². The molecule has 0 unspecified atom stereocenters. The number of rotatable bonds is 5. The lowest BCUT2D eigenvalue weighted by molar-refractivity contribution is -0.0508. The van der Waals surface area contributed by atoms with Crippen molar-refractivity contribution < 1.29 is 20.1 Å². The van der Waals surface area contributed by atoms with E-state index in [9.17, 15) is 15.3 Å². The standard InChI is InChI=1S/C19H21N3O4S/c1-11-4-2-3-5-12(11)9-27-18-13-6-7-22(17(13)20-10-21-18)19-16(25)15(24)14(8-23)26-19/h2-7,10,14-16,19,23-25H,8-9H2,1H3/t14-,15-,16-,19-/m1/s1. The minimum absolute atomic E-state index is 0.361. The molecule has 3 heterocycles. The Labute approximate surface area is 160 Å². The highest BCUT2D eigenvalue weighted by Crippen LogP contribution is 2.34. The number of fused-ring (bicyclic) bond motifs is 1. The van der Waals surface area contributed by atoms with Crippen LogP contribution in [0.3, 0.4) is 0 Å². The number of ether oxygens (including phenoxy) is 1. The lowest BCUT2D eigenvalue weighted by Gasteiger charge is -2.17. The number of aliphatic hydroxyl groups is 3. The predicted octanol–water partition coefficient (Wildman–Crippen LogP) is 1.64. The third kappa shape index (κ3) is 3.35. The van der Waals surface area contributed by atoms with Gasteiger partial charge in [-0.3, -0.25) is 0 Å². The average molecular weight is 387 g/mol. The molecular weight excluding hydrogens is 366 g/mol. The number of aliphatic hydroxyl groups excluding tert-OH is 3. The van der Waals surface area contributed by atoms with Crippen molar-refractivity contribution in [3.8, 4) is 0 Å². The monoisotopic (exact) mass is 387 g/mol. The summed E-state index contributed by atoms with van der Waals surface area (Å²) in [5.74, 6) is 0.790. The van der Waals surface area contributed by atoms with Crippen LogP contribution in [0.2, 0.25) is 0 Å². The van der Waals surface area contributed by atoms with E-state index in [0.717, 1.165) is 16.2 Å². The molecule has 1 aliphatic rings. The molecule has 0 amide bonds. The van der Waals surface area contributed by atoms with Crippen molar-refractivity contribution in [1.29, 1.82) is 0 Å². The van der Waals surface area contributed by atoms with E-state index in [4.69, 9.17) is 4.74 Å². The van der Waals surface area contributed by atoms with Crippen molar-refractivity contribution >= 4 is 22.8 Å². The summed E-state index contributed by atoms with van der Waals surface area (Å²) < 4.78 is 7.30.